The third-order valence-corrected chi connectivity index (χ3v) is 5.97. The molecule has 0 aliphatic carbocycles. The van der Waals surface area contributed by atoms with Gasteiger partial charge in [-0.3, -0.25) is 4.79 Å². The minimum Gasteiger partial charge on any atom is -0.356 e. The van der Waals surface area contributed by atoms with Crippen molar-refractivity contribution in [2.45, 2.75) is 38.1 Å². The predicted molar refractivity (Wildman–Crippen MR) is 122 cm³/mol. The monoisotopic (exact) mass is 505 g/mol. The number of benzene rings is 1. The van der Waals surface area contributed by atoms with Crippen LogP contribution in [0.2, 0.25) is 0 Å². The number of carbonyl (C=O) groups is 2. The first-order chi connectivity index (χ1) is 15.0. The van der Waals surface area contributed by atoms with E-state index in [9.17, 15) is 9.59 Å². The fourth-order valence-electron chi connectivity index (χ4n) is 3.04. The summed E-state index contributed by atoms with van der Waals surface area (Å²) in [4.78, 5) is 29.0. The van der Waals surface area contributed by atoms with Gasteiger partial charge in [0.2, 0.25) is 17.6 Å². The van der Waals surface area contributed by atoms with Crippen LogP contribution in [0.25, 0.3) is 10.7 Å². The number of nitrogens with two attached hydrogens (primary N) is 1. The Morgan fingerprint density at radius 1 is 1.16 bits per heavy atom. The van der Waals surface area contributed by atoms with Crippen LogP contribution in [0.15, 0.2) is 50.8 Å². The van der Waals surface area contributed by atoms with E-state index in [0.29, 0.717) is 24.7 Å². The van der Waals surface area contributed by atoms with Gasteiger partial charge in [0.25, 0.3) is 0 Å². The maximum atomic E-state index is 12.3. The fourth-order valence-corrected chi connectivity index (χ4v) is 3.96. The summed E-state index contributed by atoms with van der Waals surface area (Å²) in [6.07, 6.45) is 3.49. The van der Waals surface area contributed by atoms with Crippen molar-refractivity contribution in [2.24, 2.45) is 5.73 Å². The molecule has 0 fully saturated rings. The Balaban J connectivity index is 1.35. The summed E-state index contributed by atoms with van der Waals surface area (Å²) in [5, 5.41) is 11.5. The molecule has 4 N–H and O–H groups in total. The lowest BCUT2D eigenvalue weighted by Crippen LogP contribution is -2.36. The first-order valence-corrected chi connectivity index (χ1v) is 11.6. The van der Waals surface area contributed by atoms with Gasteiger partial charge in [0, 0.05) is 17.4 Å². The van der Waals surface area contributed by atoms with Crippen LogP contribution in [-0.4, -0.2) is 28.6 Å². The lowest BCUT2D eigenvalue weighted by Gasteiger charge is -2.18. The van der Waals surface area contributed by atoms with Crippen LogP contribution in [0.3, 0.4) is 0 Å². The lowest BCUT2D eigenvalue weighted by molar-refractivity contribution is -0.121. The van der Waals surface area contributed by atoms with Gasteiger partial charge in [-0.1, -0.05) is 45.7 Å². The molecule has 2 aromatic heterocycles. The first kappa shape index (κ1) is 23.0. The van der Waals surface area contributed by atoms with Crippen LogP contribution in [0.4, 0.5) is 4.79 Å². The molecule has 3 aromatic rings. The van der Waals surface area contributed by atoms with Gasteiger partial charge in [-0.05, 0) is 42.0 Å². The van der Waals surface area contributed by atoms with Crippen molar-refractivity contribution in [2.75, 3.05) is 6.54 Å². The van der Waals surface area contributed by atoms with E-state index >= 15 is 0 Å². The van der Waals surface area contributed by atoms with Crippen molar-refractivity contribution >= 4 is 39.2 Å². The number of urea groups is 1. The maximum absolute atomic E-state index is 12.3. The van der Waals surface area contributed by atoms with Gasteiger partial charge in [-0.2, -0.15) is 4.98 Å². The third kappa shape index (κ3) is 7.48. The van der Waals surface area contributed by atoms with E-state index < -0.39 is 12.1 Å². The third-order valence-electron chi connectivity index (χ3n) is 4.58. The number of aromatic nitrogens is 2. The Morgan fingerprint density at radius 3 is 2.68 bits per heavy atom. The quantitative estimate of drug-likeness (QED) is 0.337. The van der Waals surface area contributed by atoms with Crippen LogP contribution >= 0.6 is 27.3 Å². The summed E-state index contributed by atoms with van der Waals surface area (Å²) < 4.78 is 6.20. The number of nitrogens with zero attached hydrogens (tertiary/aromatic N) is 2. The predicted octanol–water partition coefficient (Wildman–Crippen LogP) is 4.19. The number of hydrogen-bond acceptors (Lipinski definition) is 6. The SMILES string of the molecule is NC(=O)NC(CC(=O)NCCCCCc1nc(-c2cccs2)no1)c1ccc(Br)cc1. The molecular weight excluding hydrogens is 482 g/mol. The van der Waals surface area contributed by atoms with Crippen LogP contribution < -0.4 is 16.4 Å². The molecule has 0 radical (unpaired) electrons. The second-order valence-electron chi connectivity index (χ2n) is 6.97. The van der Waals surface area contributed by atoms with Crippen molar-refractivity contribution < 1.29 is 14.1 Å². The zero-order valence-corrected chi connectivity index (χ0v) is 19.2. The topological polar surface area (TPSA) is 123 Å². The van der Waals surface area contributed by atoms with Crippen LogP contribution in [0.5, 0.6) is 0 Å². The summed E-state index contributed by atoms with van der Waals surface area (Å²) in [7, 11) is 0. The average molecular weight is 506 g/mol. The smallest absolute Gasteiger partial charge is 0.312 e. The standard InChI is InChI=1S/C21H24BrN5O3S/c22-15-9-7-14(8-10-15)16(25-21(23)29)13-18(28)24-11-3-1-2-6-19-26-20(27-30-19)17-5-4-12-31-17/h4-5,7-10,12,16H,1-3,6,11,13H2,(H,24,28)(H3,23,25,29). The Hall–Kier alpha value is -2.72. The molecule has 10 heteroatoms. The highest BCUT2D eigenvalue weighted by Crippen LogP contribution is 2.22. The second-order valence-corrected chi connectivity index (χ2v) is 8.83. The van der Waals surface area contributed by atoms with Gasteiger partial charge < -0.3 is 20.9 Å². The van der Waals surface area contributed by atoms with Crippen molar-refractivity contribution in [3.05, 3.63) is 57.7 Å². The number of carbonyl (C=O) groups excluding carboxylic acids is 2. The molecule has 0 aliphatic rings. The minimum absolute atomic E-state index is 0.123. The molecule has 0 aliphatic heterocycles. The number of nitrogens with one attached hydrogen (secondary N) is 2. The molecule has 0 saturated carbocycles. The number of aryl methyl sites for hydroxylation is 1. The number of primary amides is 1. The molecule has 2 heterocycles. The fraction of sp³-hybridized carbons (Fsp3) is 0.333. The van der Waals surface area contributed by atoms with Crippen molar-refractivity contribution in [1.82, 2.24) is 20.8 Å². The van der Waals surface area contributed by atoms with Crippen molar-refractivity contribution in [3.8, 4) is 10.7 Å². The Labute approximate surface area is 192 Å². The van der Waals surface area contributed by atoms with E-state index in [-0.39, 0.29) is 12.3 Å². The number of hydrogen-bond donors (Lipinski definition) is 3. The summed E-state index contributed by atoms with van der Waals surface area (Å²) in [6, 6.07) is 10.2. The molecule has 8 nitrogen and oxygen atoms in total. The number of thiophene rings is 1. The van der Waals surface area contributed by atoms with Gasteiger partial charge >= 0.3 is 6.03 Å². The normalized spacial score (nSPS) is 11.8. The largest absolute Gasteiger partial charge is 0.356 e. The molecule has 1 unspecified atom stereocenters. The summed E-state index contributed by atoms with van der Waals surface area (Å²) in [5.74, 6) is 1.11. The van der Waals surface area contributed by atoms with Gasteiger partial charge in [-0.15, -0.1) is 11.3 Å². The molecule has 1 aromatic carbocycles. The second kappa shape index (κ2) is 11.6. The number of amides is 3. The van der Waals surface area contributed by atoms with Gasteiger partial charge in [0.15, 0.2) is 0 Å². The van der Waals surface area contributed by atoms with E-state index in [0.717, 1.165) is 34.2 Å². The molecule has 164 valence electrons. The summed E-state index contributed by atoms with van der Waals surface area (Å²) in [5.41, 5.74) is 6.08. The van der Waals surface area contributed by atoms with Gasteiger partial charge in [0.1, 0.15) is 0 Å². The van der Waals surface area contributed by atoms with Crippen molar-refractivity contribution in [3.63, 3.8) is 0 Å². The molecule has 31 heavy (non-hydrogen) atoms. The van der Waals surface area contributed by atoms with Crippen LogP contribution in [0, 0.1) is 0 Å². The maximum Gasteiger partial charge on any atom is 0.312 e. The van der Waals surface area contributed by atoms with Crippen LogP contribution in [-0.2, 0) is 11.2 Å². The van der Waals surface area contributed by atoms with E-state index in [1.54, 1.807) is 11.3 Å². The highest BCUT2D eigenvalue weighted by molar-refractivity contribution is 9.10. The minimum atomic E-state index is -0.663. The molecule has 3 rings (SSSR count). The van der Waals surface area contributed by atoms with Gasteiger partial charge in [0.05, 0.1) is 17.3 Å². The van der Waals surface area contributed by atoms with E-state index in [4.69, 9.17) is 10.3 Å². The molecular formula is C21H24BrN5O3S. The lowest BCUT2D eigenvalue weighted by atomic mass is 10.0. The zero-order chi connectivity index (χ0) is 22.1. The Kier molecular flexibility index (Phi) is 8.60. The Morgan fingerprint density at radius 2 is 1.97 bits per heavy atom. The highest BCUT2D eigenvalue weighted by atomic mass is 79.9. The zero-order valence-electron chi connectivity index (χ0n) is 16.8. The van der Waals surface area contributed by atoms with E-state index in [2.05, 4.69) is 36.7 Å². The Bertz CT molecular complexity index is 975. The molecule has 1 atom stereocenters. The summed E-state index contributed by atoms with van der Waals surface area (Å²) in [6.45, 7) is 0.562. The highest BCUT2D eigenvalue weighted by Gasteiger charge is 2.17. The molecule has 0 saturated heterocycles. The van der Waals surface area contributed by atoms with Crippen molar-refractivity contribution in [1.29, 1.82) is 0 Å². The van der Waals surface area contributed by atoms with Gasteiger partial charge in [-0.25, -0.2) is 4.79 Å². The van der Waals surface area contributed by atoms with Crippen LogP contribution in [0.1, 0.15) is 43.2 Å². The summed E-state index contributed by atoms with van der Waals surface area (Å²) >= 11 is 4.95. The van der Waals surface area contributed by atoms with E-state index in [1.807, 2.05) is 41.8 Å². The van der Waals surface area contributed by atoms with E-state index in [1.165, 1.54) is 0 Å². The number of unbranched alkanes of at least 4 members (excludes halogenated alkanes) is 2. The first-order valence-electron chi connectivity index (χ1n) is 9.96. The number of rotatable bonds is 11. The molecule has 3 amide bonds. The molecule has 0 bridgehead atoms. The average Bonchev–Trinajstić information content (AvgIpc) is 3.42. The molecule has 0 spiro atoms. The number of halogens is 1.